The van der Waals surface area contributed by atoms with Crippen molar-refractivity contribution in [3.05, 3.63) is 41.5 Å². The lowest BCUT2D eigenvalue weighted by atomic mass is 9.87. The Morgan fingerprint density at radius 2 is 2.04 bits per heavy atom. The van der Waals surface area contributed by atoms with E-state index in [-0.39, 0.29) is 5.82 Å². The standard InChI is InChI=1S/C18H24FN3OS/c1-12-4-3-5-16(10-12)22-13(2)20-21-18(22)24-11-17(23)14-6-8-15(19)9-7-14/h6-9,12,16-17,23H,3-5,10-11H2,1-2H3. The first-order chi connectivity index (χ1) is 11.5. The van der Waals surface area contributed by atoms with Crippen LogP contribution in [-0.4, -0.2) is 25.6 Å². The Balaban J connectivity index is 1.68. The van der Waals surface area contributed by atoms with Crippen LogP contribution in [0.1, 0.15) is 56.1 Å². The lowest BCUT2D eigenvalue weighted by molar-refractivity contribution is 0.203. The summed E-state index contributed by atoms with van der Waals surface area (Å²) < 4.78 is 15.2. The smallest absolute Gasteiger partial charge is 0.191 e. The largest absolute Gasteiger partial charge is 0.388 e. The summed E-state index contributed by atoms with van der Waals surface area (Å²) in [7, 11) is 0. The number of hydrogen-bond acceptors (Lipinski definition) is 4. The molecule has 1 heterocycles. The molecule has 1 N–H and O–H groups in total. The molecule has 6 heteroatoms. The lowest BCUT2D eigenvalue weighted by Gasteiger charge is -2.29. The number of aryl methyl sites for hydroxylation is 1. The Labute approximate surface area is 146 Å². The molecule has 3 unspecified atom stereocenters. The fourth-order valence-electron chi connectivity index (χ4n) is 3.44. The second-order valence-electron chi connectivity index (χ2n) is 6.70. The third-order valence-corrected chi connectivity index (χ3v) is 5.75. The van der Waals surface area contributed by atoms with E-state index in [4.69, 9.17) is 0 Å². The Bertz CT molecular complexity index is 673. The highest BCUT2D eigenvalue weighted by molar-refractivity contribution is 7.99. The van der Waals surface area contributed by atoms with Crippen molar-refractivity contribution in [3.8, 4) is 0 Å². The van der Waals surface area contributed by atoms with E-state index >= 15 is 0 Å². The minimum absolute atomic E-state index is 0.291. The molecule has 1 aromatic heterocycles. The number of nitrogens with zero attached hydrogens (tertiary/aromatic N) is 3. The van der Waals surface area contributed by atoms with Crippen LogP contribution in [0.2, 0.25) is 0 Å². The third kappa shape index (κ3) is 3.98. The highest BCUT2D eigenvalue weighted by Crippen LogP contribution is 2.36. The molecule has 1 fully saturated rings. The van der Waals surface area contributed by atoms with Gasteiger partial charge in [-0.2, -0.15) is 0 Å². The fourth-order valence-corrected chi connectivity index (χ4v) is 4.46. The third-order valence-electron chi connectivity index (χ3n) is 4.73. The topological polar surface area (TPSA) is 50.9 Å². The van der Waals surface area contributed by atoms with Crippen molar-refractivity contribution in [1.29, 1.82) is 0 Å². The van der Waals surface area contributed by atoms with Gasteiger partial charge in [0.2, 0.25) is 0 Å². The van der Waals surface area contributed by atoms with Crippen LogP contribution in [0.4, 0.5) is 4.39 Å². The summed E-state index contributed by atoms with van der Waals surface area (Å²) in [5.74, 6) is 1.85. The first kappa shape index (κ1) is 17.4. The second kappa shape index (κ2) is 7.66. The molecule has 1 aliphatic carbocycles. The molecule has 3 rings (SSSR count). The Kier molecular flexibility index (Phi) is 5.56. The van der Waals surface area contributed by atoms with Gasteiger partial charge >= 0.3 is 0 Å². The van der Waals surface area contributed by atoms with Gasteiger partial charge in [0.05, 0.1) is 6.10 Å². The van der Waals surface area contributed by atoms with E-state index in [1.54, 1.807) is 12.1 Å². The fraction of sp³-hybridized carbons (Fsp3) is 0.556. The van der Waals surface area contributed by atoms with Gasteiger partial charge in [0.25, 0.3) is 0 Å². The summed E-state index contributed by atoms with van der Waals surface area (Å²) in [6.07, 6.45) is 4.21. The molecule has 4 nitrogen and oxygen atoms in total. The highest BCUT2D eigenvalue weighted by atomic mass is 32.2. The summed E-state index contributed by atoms with van der Waals surface area (Å²) in [6, 6.07) is 6.45. The summed E-state index contributed by atoms with van der Waals surface area (Å²) in [6.45, 7) is 4.30. The SMILES string of the molecule is Cc1nnc(SCC(O)c2ccc(F)cc2)n1C1CCCC(C)C1. The van der Waals surface area contributed by atoms with E-state index in [9.17, 15) is 9.50 Å². The molecule has 1 saturated carbocycles. The predicted molar refractivity (Wildman–Crippen MR) is 93.5 cm³/mol. The van der Waals surface area contributed by atoms with Gasteiger partial charge in [-0.1, -0.05) is 43.7 Å². The molecule has 0 bridgehead atoms. The first-order valence-corrected chi connectivity index (χ1v) is 9.51. The maximum atomic E-state index is 13.0. The lowest BCUT2D eigenvalue weighted by Crippen LogP contribution is -2.19. The van der Waals surface area contributed by atoms with E-state index in [1.165, 1.54) is 36.7 Å². The van der Waals surface area contributed by atoms with E-state index in [2.05, 4.69) is 21.7 Å². The van der Waals surface area contributed by atoms with Crippen LogP contribution < -0.4 is 0 Å². The van der Waals surface area contributed by atoms with Crippen molar-refractivity contribution in [2.75, 3.05) is 5.75 Å². The van der Waals surface area contributed by atoms with Gasteiger partial charge in [-0.3, -0.25) is 0 Å². The quantitative estimate of drug-likeness (QED) is 0.818. The molecule has 130 valence electrons. The van der Waals surface area contributed by atoms with Gasteiger partial charge in [-0.05, 0) is 43.4 Å². The maximum absolute atomic E-state index is 13.0. The Hall–Kier alpha value is -1.40. The van der Waals surface area contributed by atoms with Crippen LogP contribution in [0.3, 0.4) is 0 Å². The first-order valence-electron chi connectivity index (χ1n) is 8.52. The van der Waals surface area contributed by atoms with Crippen LogP contribution in [0.5, 0.6) is 0 Å². The van der Waals surface area contributed by atoms with Crippen LogP contribution >= 0.6 is 11.8 Å². The zero-order valence-corrected chi connectivity index (χ0v) is 15.0. The number of aliphatic hydroxyl groups is 1. The van der Waals surface area contributed by atoms with Crippen molar-refractivity contribution < 1.29 is 9.50 Å². The maximum Gasteiger partial charge on any atom is 0.191 e. The summed E-state index contributed by atoms with van der Waals surface area (Å²) in [5.41, 5.74) is 0.720. The average Bonchev–Trinajstić information content (AvgIpc) is 2.94. The zero-order chi connectivity index (χ0) is 17.1. The van der Waals surface area contributed by atoms with E-state index < -0.39 is 6.10 Å². The number of aliphatic hydroxyl groups excluding tert-OH is 1. The number of hydrogen-bond donors (Lipinski definition) is 1. The van der Waals surface area contributed by atoms with Crippen molar-refractivity contribution in [2.24, 2.45) is 5.92 Å². The van der Waals surface area contributed by atoms with Gasteiger partial charge in [0.1, 0.15) is 11.6 Å². The predicted octanol–water partition coefficient (Wildman–Crippen LogP) is 4.30. The van der Waals surface area contributed by atoms with Crippen molar-refractivity contribution in [2.45, 2.75) is 56.8 Å². The Morgan fingerprint density at radius 1 is 1.29 bits per heavy atom. The molecule has 1 aliphatic rings. The van der Waals surface area contributed by atoms with Gasteiger partial charge in [-0.25, -0.2) is 4.39 Å². The molecule has 0 amide bonds. The van der Waals surface area contributed by atoms with Gasteiger partial charge < -0.3 is 9.67 Å². The molecule has 0 spiro atoms. The number of halogens is 1. The molecular formula is C18H24FN3OS. The van der Waals surface area contributed by atoms with Gasteiger partial charge in [0, 0.05) is 11.8 Å². The molecular weight excluding hydrogens is 325 g/mol. The van der Waals surface area contributed by atoms with Crippen LogP contribution in [0.15, 0.2) is 29.4 Å². The molecule has 1 aromatic carbocycles. The van der Waals surface area contributed by atoms with Crippen LogP contribution in [0.25, 0.3) is 0 Å². The minimum Gasteiger partial charge on any atom is -0.388 e. The molecule has 0 aliphatic heterocycles. The average molecular weight is 349 g/mol. The van der Waals surface area contributed by atoms with Crippen LogP contribution in [-0.2, 0) is 0 Å². The number of rotatable bonds is 5. The summed E-state index contributed by atoms with van der Waals surface area (Å²) >= 11 is 1.52. The van der Waals surface area contributed by atoms with E-state index in [0.29, 0.717) is 11.8 Å². The van der Waals surface area contributed by atoms with E-state index in [1.807, 2.05) is 6.92 Å². The number of aromatic nitrogens is 3. The van der Waals surface area contributed by atoms with Crippen LogP contribution in [0, 0.1) is 18.7 Å². The highest BCUT2D eigenvalue weighted by Gasteiger charge is 2.25. The normalized spacial score (nSPS) is 22.5. The summed E-state index contributed by atoms with van der Waals surface area (Å²) in [5, 5.41) is 19.7. The molecule has 3 atom stereocenters. The van der Waals surface area contributed by atoms with Crippen molar-refractivity contribution in [3.63, 3.8) is 0 Å². The molecule has 0 saturated heterocycles. The molecule has 2 aromatic rings. The van der Waals surface area contributed by atoms with Gasteiger partial charge in [-0.15, -0.1) is 10.2 Å². The summed E-state index contributed by atoms with van der Waals surface area (Å²) in [4.78, 5) is 0. The van der Waals surface area contributed by atoms with Gasteiger partial charge in [0.15, 0.2) is 5.16 Å². The van der Waals surface area contributed by atoms with Crippen molar-refractivity contribution >= 4 is 11.8 Å². The molecule has 24 heavy (non-hydrogen) atoms. The minimum atomic E-state index is -0.647. The monoisotopic (exact) mass is 349 g/mol. The van der Waals surface area contributed by atoms with E-state index in [0.717, 1.165) is 35.3 Å². The number of thioether (sulfide) groups is 1. The number of benzene rings is 1. The Morgan fingerprint density at radius 3 is 2.75 bits per heavy atom. The van der Waals surface area contributed by atoms with Crippen molar-refractivity contribution in [1.82, 2.24) is 14.8 Å². The second-order valence-corrected chi connectivity index (χ2v) is 7.69. The zero-order valence-electron chi connectivity index (χ0n) is 14.2. The molecule has 0 radical (unpaired) electrons.